The number of benzene rings is 1. The van der Waals surface area contributed by atoms with Crippen LogP contribution in [0.4, 0.5) is 5.69 Å². The van der Waals surface area contributed by atoms with E-state index in [1.165, 1.54) is 0 Å². The molecule has 0 aliphatic heterocycles. The van der Waals surface area contributed by atoms with Crippen LogP contribution in [0.2, 0.25) is 13.1 Å². The molecule has 97 valence electrons. The number of aromatic nitrogens is 2. The molecule has 0 amide bonds. The number of hydrogen-bond acceptors (Lipinski definition) is 4. The third kappa shape index (κ3) is 3.99. The summed E-state index contributed by atoms with van der Waals surface area (Å²) in [5.74, 6) is 1.41. The summed E-state index contributed by atoms with van der Waals surface area (Å²) in [5.41, 5.74) is 1.97. The van der Waals surface area contributed by atoms with Crippen molar-refractivity contribution in [2.75, 3.05) is 0 Å². The average Bonchev–Trinajstić information content (AvgIpc) is 2.40. The number of hydrogen-bond donors (Lipinski definition) is 0. The van der Waals surface area contributed by atoms with Gasteiger partial charge in [-0.1, -0.05) is 6.07 Å². The second-order valence-electron chi connectivity index (χ2n) is 4.35. The summed E-state index contributed by atoms with van der Waals surface area (Å²) in [5, 5.41) is 0. The van der Waals surface area contributed by atoms with Crippen LogP contribution in [-0.2, 0) is 0 Å². The zero-order valence-corrected chi connectivity index (χ0v) is 12.3. The Morgan fingerprint density at radius 2 is 2.00 bits per heavy atom. The largest absolute Gasteiger partial charge is 1.00 e. The van der Waals surface area contributed by atoms with Crippen molar-refractivity contribution in [3.8, 4) is 5.75 Å². The third-order valence-corrected chi connectivity index (χ3v) is 2.96. The maximum atomic E-state index is 5.84. The zero-order valence-electron chi connectivity index (χ0n) is 12.3. The van der Waals surface area contributed by atoms with Crippen molar-refractivity contribution in [2.24, 2.45) is 4.99 Å². The molecule has 0 spiro atoms. The Balaban J connectivity index is 0.00000200. The first-order chi connectivity index (χ1) is 9.15. The van der Waals surface area contributed by atoms with Crippen molar-refractivity contribution >= 4 is 20.9 Å². The van der Waals surface area contributed by atoms with E-state index < -0.39 is 9.04 Å². The number of aryl methyl sites for hydroxylation is 1. The summed E-state index contributed by atoms with van der Waals surface area (Å²) in [6.07, 6.45) is 5.04. The van der Waals surface area contributed by atoms with Gasteiger partial charge >= 0.3 is 1.43 Å². The van der Waals surface area contributed by atoms with E-state index in [4.69, 9.17) is 4.43 Å². The predicted octanol–water partition coefficient (Wildman–Crippen LogP) is 3.28. The lowest BCUT2D eigenvalue weighted by molar-refractivity contribution is 0.582. The minimum atomic E-state index is -0.809. The third-order valence-electron chi connectivity index (χ3n) is 2.33. The Morgan fingerprint density at radius 3 is 2.68 bits per heavy atom. The molecule has 1 radical (unpaired) electrons. The summed E-state index contributed by atoms with van der Waals surface area (Å²) >= 11 is 0. The minimum Gasteiger partial charge on any atom is -0.541 e. The molecule has 2 rings (SSSR count). The summed E-state index contributed by atoms with van der Waals surface area (Å²) in [6, 6.07) is 7.77. The molecule has 5 heteroatoms. The van der Waals surface area contributed by atoms with E-state index in [-0.39, 0.29) is 1.43 Å². The molecule has 0 saturated carbocycles. The molecular formula is C14H17N3OSi+. The van der Waals surface area contributed by atoms with Gasteiger partial charge in [-0.05, 0) is 43.8 Å². The molecule has 0 atom stereocenters. The van der Waals surface area contributed by atoms with Gasteiger partial charge in [0.15, 0.2) is 5.82 Å². The predicted molar refractivity (Wildman–Crippen MR) is 79.7 cm³/mol. The highest BCUT2D eigenvalue weighted by Gasteiger charge is 2.06. The van der Waals surface area contributed by atoms with Crippen molar-refractivity contribution < 1.29 is 5.85 Å². The average molecular weight is 271 g/mol. The van der Waals surface area contributed by atoms with Gasteiger partial charge in [-0.15, -0.1) is 0 Å². The fourth-order valence-electron chi connectivity index (χ4n) is 1.54. The normalized spacial score (nSPS) is 11.2. The molecule has 0 saturated heterocycles. The Labute approximate surface area is 116 Å². The van der Waals surface area contributed by atoms with Crippen LogP contribution in [0.5, 0.6) is 5.75 Å². The van der Waals surface area contributed by atoms with E-state index in [2.05, 4.69) is 28.1 Å². The molecule has 4 nitrogen and oxygen atoms in total. The van der Waals surface area contributed by atoms with E-state index in [0.29, 0.717) is 5.82 Å². The van der Waals surface area contributed by atoms with Crippen molar-refractivity contribution in [1.29, 1.82) is 0 Å². The number of nitrogens with zero attached hydrogens (tertiary/aromatic N) is 3. The van der Waals surface area contributed by atoms with Gasteiger partial charge in [0.25, 0.3) is 9.04 Å². The molecule has 1 aromatic carbocycles. The lowest BCUT2D eigenvalue weighted by Gasteiger charge is -2.11. The second kappa shape index (κ2) is 6.24. The van der Waals surface area contributed by atoms with Crippen LogP contribution >= 0.6 is 0 Å². The fourth-order valence-corrected chi connectivity index (χ4v) is 2.15. The first kappa shape index (κ1) is 13.4. The van der Waals surface area contributed by atoms with E-state index >= 15 is 0 Å². The summed E-state index contributed by atoms with van der Waals surface area (Å²) in [6.45, 7) is 6.22. The van der Waals surface area contributed by atoms with Gasteiger partial charge in [0.05, 0.1) is 6.21 Å². The Kier molecular flexibility index (Phi) is 4.41. The highest BCUT2D eigenvalue weighted by atomic mass is 28.3. The van der Waals surface area contributed by atoms with Crippen LogP contribution in [-0.4, -0.2) is 25.2 Å². The van der Waals surface area contributed by atoms with Gasteiger partial charge in [-0.25, -0.2) is 15.0 Å². The Bertz CT molecular complexity index is 576. The summed E-state index contributed by atoms with van der Waals surface area (Å²) in [4.78, 5) is 12.7. The maximum absolute atomic E-state index is 5.84. The molecule has 0 aliphatic carbocycles. The van der Waals surface area contributed by atoms with Gasteiger partial charge in [-0.2, -0.15) is 0 Å². The first-order valence-electron chi connectivity index (χ1n) is 6.05. The van der Waals surface area contributed by atoms with Crippen molar-refractivity contribution in [3.05, 3.63) is 48.0 Å². The molecule has 2 aromatic rings. The topological polar surface area (TPSA) is 47.4 Å². The Hall–Kier alpha value is -2.01. The molecule has 0 fully saturated rings. The molecule has 0 unspecified atom stereocenters. The maximum Gasteiger partial charge on any atom is 1.00 e. The summed E-state index contributed by atoms with van der Waals surface area (Å²) < 4.78 is 5.84. The monoisotopic (exact) mass is 271 g/mol. The van der Waals surface area contributed by atoms with Gasteiger partial charge in [0.2, 0.25) is 0 Å². The van der Waals surface area contributed by atoms with Crippen LogP contribution in [0.25, 0.3) is 0 Å². The van der Waals surface area contributed by atoms with Gasteiger partial charge < -0.3 is 4.43 Å². The highest BCUT2D eigenvalue weighted by molar-refractivity contribution is 6.49. The SMILES string of the molecule is Cc1ccc(O[Si](C)C)c(N=Cc2ncccn2)c1.[H+]. The lowest BCUT2D eigenvalue weighted by Crippen LogP contribution is -2.11. The fraction of sp³-hybridized carbons (Fsp3) is 0.214. The van der Waals surface area contributed by atoms with Crippen LogP contribution in [0.1, 0.15) is 12.8 Å². The molecule has 19 heavy (non-hydrogen) atoms. The van der Waals surface area contributed by atoms with E-state index in [9.17, 15) is 0 Å². The molecule has 1 aromatic heterocycles. The van der Waals surface area contributed by atoms with Crippen LogP contribution in [0, 0.1) is 6.92 Å². The summed E-state index contributed by atoms with van der Waals surface area (Å²) in [7, 11) is -0.809. The second-order valence-corrected chi connectivity index (χ2v) is 6.37. The van der Waals surface area contributed by atoms with Crippen molar-refractivity contribution in [3.63, 3.8) is 0 Å². The molecule has 0 aliphatic rings. The standard InChI is InChI=1S/C14H16N3OSi/c1-11-5-6-13(18-19(2)3)12(9-11)17-10-14-15-7-4-8-16-14/h4-10H,1-3H3/p+1. The van der Waals surface area contributed by atoms with Crippen molar-refractivity contribution in [1.82, 2.24) is 9.97 Å². The smallest absolute Gasteiger partial charge is 0.541 e. The Morgan fingerprint density at radius 1 is 1.26 bits per heavy atom. The lowest BCUT2D eigenvalue weighted by atomic mass is 10.2. The van der Waals surface area contributed by atoms with Crippen LogP contribution in [0.15, 0.2) is 41.7 Å². The zero-order chi connectivity index (χ0) is 13.7. The molecule has 1 heterocycles. The van der Waals surface area contributed by atoms with Gasteiger partial charge in [0.1, 0.15) is 11.4 Å². The van der Waals surface area contributed by atoms with Gasteiger partial charge in [0, 0.05) is 12.4 Å². The first-order valence-corrected chi connectivity index (χ1v) is 8.46. The van der Waals surface area contributed by atoms with E-state index in [1.54, 1.807) is 24.7 Å². The molecule has 0 N–H and O–H groups in total. The van der Waals surface area contributed by atoms with Crippen LogP contribution < -0.4 is 4.43 Å². The van der Waals surface area contributed by atoms with Gasteiger partial charge in [-0.3, -0.25) is 0 Å². The number of rotatable bonds is 4. The van der Waals surface area contributed by atoms with E-state index in [0.717, 1.165) is 17.0 Å². The molecule has 0 bridgehead atoms. The quantitative estimate of drug-likeness (QED) is 0.633. The van der Waals surface area contributed by atoms with E-state index in [1.807, 2.05) is 25.1 Å². The van der Waals surface area contributed by atoms with Crippen molar-refractivity contribution in [2.45, 2.75) is 20.0 Å². The minimum absolute atomic E-state index is 0. The highest BCUT2D eigenvalue weighted by Crippen LogP contribution is 2.28. The number of aliphatic imine (C=N–C) groups is 1. The van der Waals surface area contributed by atoms with Crippen LogP contribution in [0.3, 0.4) is 0 Å². The molecular weight excluding hydrogens is 254 g/mol.